The van der Waals surface area contributed by atoms with Gasteiger partial charge in [-0.1, -0.05) is 5.16 Å². The van der Waals surface area contributed by atoms with Crippen LogP contribution in [0.5, 0.6) is 0 Å². The molecule has 0 aliphatic carbocycles. The van der Waals surface area contributed by atoms with Crippen molar-refractivity contribution in [3.8, 4) is 0 Å². The van der Waals surface area contributed by atoms with Gasteiger partial charge in [-0.25, -0.2) is 15.0 Å². The molecule has 0 atom stereocenters. The molecule has 7 nitrogen and oxygen atoms in total. The van der Waals surface area contributed by atoms with Crippen molar-refractivity contribution in [3.05, 3.63) is 12.2 Å². The van der Waals surface area contributed by atoms with Crippen molar-refractivity contribution in [2.24, 2.45) is 5.16 Å². The maximum Gasteiger partial charge on any atom is 0.163 e. The number of aromatic amines is 1. The Balaban J connectivity index is 2.16. The molecule has 0 fully saturated rings. The number of oxime groups is 1. The molecule has 2 rings (SSSR count). The predicted octanol–water partition coefficient (Wildman–Crippen LogP) is 0.890. The molecule has 17 heavy (non-hydrogen) atoms. The molecule has 0 bridgehead atoms. The Morgan fingerprint density at radius 3 is 3.12 bits per heavy atom. The molecule has 7 heteroatoms. The fourth-order valence-electron chi connectivity index (χ4n) is 1.51. The molecule has 3 N–H and O–H groups in total. The number of hydrogen-bond donors (Lipinski definition) is 2. The van der Waals surface area contributed by atoms with Crippen LogP contribution in [-0.2, 0) is 11.3 Å². The van der Waals surface area contributed by atoms with Crippen molar-refractivity contribution < 1.29 is 4.84 Å². The van der Waals surface area contributed by atoms with Crippen molar-refractivity contribution in [2.75, 3.05) is 12.8 Å². The lowest BCUT2D eigenvalue weighted by atomic mass is 10.2. The molecule has 2 aromatic heterocycles. The summed E-state index contributed by atoms with van der Waals surface area (Å²) in [7, 11) is 1.52. The van der Waals surface area contributed by atoms with Gasteiger partial charge in [0.15, 0.2) is 11.5 Å². The van der Waals surface area contributed by atoms with Crippen molar-refractivity contribution in [1.82, 2.24) is 19.9 Å². The number of nitrogens with two attached hydrogens (primary N) is 1. The maximum absolute atomic E-state index is 5.78. The van der Waals surface area contributed by atoms with E-state index in [0.29, 0.717) is 29.2 Å². The summed E-state index contributed by atoms with van der Waals surface area (Å²) in [6, 6.07) is 0. The molecule has 0 aromatic carbocycles. The average molecular weight is 234 g/mol. The molecule has 90 valence electrons. The number of fused-ring (bicyclic) bond motifs is 1. The number of anilines is 1. The van der Waals surface area contributed by atoms with E-state index in [1.807, 2.05) is 6.92 Å². The lowest BCUT2D eigenvalue weighted by Gasteiger charge is -2.01. The average Bonchev–Trinajstić information content (AvgIpc) is 2.75. The Kier molecular flexibility index (Phi) is 3.17. The van der Waals surface area contributed by atoms with Crippen molar-refractivity contribution in [1.29, 1.82) is 0 Å². The first-order chi connectivity index (χ1) is 8.20. The highest BCUT2D eigenvalue weighted by Gasteiger charge is 2.07. The molecule has 0 amide bonds. The minimum Gasteiger partial charge on any atom is -0.399 e. The van der Waals surface area contributed by atoms with E-state index in [9.17, 15) is 0 Å². The van der Waals surface area contributed by atoms with Gasteiger partial charge in [-0.2, -0.15) is 0 Å². The Labute approximate surface area is 98.1 Å². The first kappa shape index (κ1) is 11.3. The number of aromatic nitrogens is 4. The monoisotopic (exact) mass is 234 g/mol. The van der Waals surface area contributed by atoms with Crippen LogP contribution in [0.2, 0.25) is 0 Å². The van der Waals surface area contributed by atoms with Crippen molar-refractivity contribution in [3.63, 3.8) is 0 Å². The summed E-state index contributed by atoms with van der Waals surface area (Å²) in [5, 5.41) is 3.82. The fraction of sp³-hybridized carbons (Fsp3) is 0.400. The Hall–Kier alpha value is -2.18. The molecule has 0 unspecified atom stereocenters. The highest BCUT2D eigenvalue weighted by molar-refractivity contribution is 5.82. The van der Waals surface area contributed by atoms with E-state index < -0.39 is 0 Å². The number of H-pyrrole nitrogens is 1. The summed E-state index contributed by atoms with van der Waals surface area (Å²) in [5.74, 6) is 1.07. The van der Waals surface area contributed by atoms with Crippen molar-refractivity contribution >= 4 is 22.7 Å². The van der Waals surface area contributed by atoms with Crippen LogP contribution < -0.4 is 5.73 Å². The Morgan fingerprint density at radius 1 is 1.53 bits per heavy atom. The van der Waals surface area contributed by atoms with Crippen molar-refractivity contribution in [2.45, 2.75) is 19.8 Å². The number of nitrogen functional groups attached to an aromatic ring is 1. The van der Waals surface area contributed by atoms with Gasteiger partial charge < -0.3 is 15.6 Å². The Bertz CT molecular complexity index is 547. The first-order valence-corrected chi connectivity index (χ1v) is 5.23. The van der Waals surface area contributed by atoms with Crippen LogP contribution in [0, 0.1) is 0 Å². The zero-order valence-electron chi connectivity index (χ0n) is 9.77. The number of aryl methyl sites for hydroxylation is 1. The van der Waals surface area contributed by atoms with Gasteiger partial charge >= 0.3 is 0 Å². The molecule has 2 aromatic rings. The van der Waals surface area contributed by atoms with Gasteiger partial charge in [-0.05, 0) is 13.3 Å². The van der Waals surface area contributed by atoms with Gasteiger partial charge in [-0.3, -0.25) is 0 Å². The van der Waals surface area contributed by atoms with Gasteiger partial charge in [0, 0.05) is 6.42 Å². The smallest absolute Gasteiger partial charge is 0.163 e. The highest BCUT2D eigenvalue weighted by Crippen LogP contribution is 2.13. The summed E-state index contributed by atoms with van der Waals surface area (Å²) in [6.07, 6.45) is 2.95. The van der Waals surface area contributed by atoms with E-state index in [2.05, 4.69) is 29.9 Å². The van der Waals surface area contributed by atoms with Gasteiger partial charge in [0.25, 0.3) is 0 Å². The molecule has 0 aliphatic rings. The molecule has 2 heterocycles. The molecule has 0 spiro atoms. The summed E-state index contributed by atoms with van der Waals surface area (Å²) in [4.78, 5) is 20.1. The van der Waals surface area contributed by atoms with E-state index in [4.69, 9.17) is 5.73 Å². The number of hydrogen-bond acceptors (Lipinski definition) is 6. The summed E-state index contributed by atoms with van der Waals surface area (Å²) in [5.41, 5.74) is 7.93. The molecular weight excluding hydrogens is 220 g/mol. The second-order valence-electron chi connectivity index (χ2n) is 3.63. The predicted molar refractivity (Wildman–Crippen MR) is 64.5 cm³/mol. The number of nitrogens with zero attached hydrogens (tertiary/aromatic N) is 4. The van der Waals surface area contributed by atoms with Crippen LogP contribution >= 0.6 is 0 Å². The van der Waals surface area contributed by atoms with Crippen LogP contribution in [0.25, 0.3) is 11.2 Å². The minimum atomic E-state index is 0.396. The Morgan fingerprint density at radius 2 is 2.35 bits per heavy atom. The largest absolute Gasteiger partial charge is 0.399 e. The van der Waals surface area contributed by atoms with Crippen LogP contribution in [0.15, 0.2) is 11.5 Å². The van der Waals surface area contributed by atoms with Crippen LogP contribution in [0.3, 0.4) is 0 Å². The fourth-order valence-corrected chi connectivity index (χ4v) is 1.51. The zero-order chi connectivity index (χ0) is 12.3. The molecule has 0 radical (unpaired) electrons. The van der Waals surface area contributed by atoms with Gasteiger partial charge in [0.05, 0.1) is 12.0 Å². The summed E-state index contributed by atoms with van der Waals surface area (Å²) < 4.78 is 0. The second kappa shape index (κ2) is 4.77. The second-order valence-corrected chi connectivity index (χ2v) is 3.63. The lowest BCUT2D eigenvalue weighted by molar-refractivity contribution is 0.212. The molecule has 0 saturated heterocycles. The number of imidazole rings is 1. The van der Waals surface area contributed by atoms with Gasteiger partial charge in [0.1, 0.15) is 18.5 Å². The van der Waals surface area contributed by atoms with Crippen LogP contribution in [0.4, 0.5) is 5.82 Å². The SMILES string of the molecule is CO/N=C(/C)CCc1nc(N)c2nc[nH]c2n1. The van der Waals surface area contributed by atoms with E-state index in [1.165, 1.54) is 7.11 Å². The van der Waals surface area contributed by atoms with Gasteiger partial charge in [0.2, 0.25) is 0 Å². The number of nitrogens with one attached hydrogen (secondary N) is 1. The maximum atomic E-state index is 5.78. The molecular formula is C10H14N6O. The van der Waals surface area contributed by atoms with E-state index in [1.54, 1.807) is 6.33 Å². The molecule has 0 aliphatic heterocycles. The molecule has 0 saturated carbocycles. The highest BCUT2D eigenvalue weighted by atomic mass is 16.6. The minimum absolute atomic E-state index is 0.396. The van der Waals surface area contributed by atoms with E-state index >= 15 is 0 Å². The topological polar surface area (TPSA) is 102 Å². The first-order valence-electron chi connectivity index (χ1n) is 5.23. The van der Waals surface area contributed by atoms with Crippen LogP contribution in [0.1, 0.15) is 19.2 Å². The third kappa shape index (κ3) is 2.49. The normalized spacial score (nSPS) is 12.0. The lowest BCUT2D eigenvalue weighted by Crippen LogP contribution is -2.03. The summed E-state index contributed by atoms with van der Waals surface area (Å²) in [6.45, 7) is 1.89. The standard InChI is InChI=1S/C10H14N6O/c1-6(16-17-2)3-4-7-14-9(11)8-10(15-7)13-5-12-8/h5H,3-4H2,1-2H3,(H3,11,12,13,14,15)/b16-6-. The summed E-state index contributed by atoms with van der Waals surface area (Å²) >= 11 is 0. The zero-order valence-corrected chi connectivity index (χ0v) is 9.77. The third-order valence-corrected chi connectivity index (χ3v) is 2.31. The van der Waals surface area contributed by atoms with Crippen LogP contribution in [-0.4, -0.2) is 32.8 Å². The van der Waals surface area contributed by atoms with Gasteiger partial charge in [-0.15, -0.1) is 0 Å². The van der Waals surface area contributed by atoms with E-state index in [0.717, 1.165) is 12.1 Å². The van der Waals surface area contributed by atoms with E-state index in [-0.39, 0.29) is 0 Å². The third-order valence-electron chi connectivity index (χ3n) is 2.31. The number of rotatable bonds is 4. The quantitative estimate of drug-likeness (QED) is 0.604.